The van der Waals surface area contributed by atoms with Crippen LogP contribution in [0.5, 0.6) is 0 Å². The molecule has 4 bridgehead atoms. The zero-order valence-corrected chi connectivity index (χ0v) is 10.5. The van der Waals surface area contributed by atoms with Crippen molar-refractivity contribution in [2.24, 2.45) is 35.5 Å². The molecule has 0 aromatic carbocycles. The lowest BCUT2D eigenvalue weighted by atomic mass is 9.52. The van der Waals surface area contributed by atoms with Crippen molar-refractivity contribution in [2.75, 3.05) is 0 Å². The third kappa shape index (κ3) is 2.02. The summed E-state index contributed by atoms with van der Waals surface area (Å²) in [6.07, 6.45) is 11.3. The Morgan fingerprint density at radius 2 is 1.65 bits per heavy atom. The van der Waals surface area contributed by atoms with Gasteiger partial charge >= 0.3 is 5.97 Å². The van der Waals surface area contributed by atoms with Crippen LogP contribution in [0.1, 0.15) is 39.0 Å². The quantitative estimate of drug-likeness (QED) is 0.760. The maximum absolute atomic E-state index is 10.8. The van der Waals surface area contributed by atoms with Crippen molar-refractivity contribution >= 4 is 5.97 Å². The molecule has 0 aromatic heterocycles. The van der Waals surface area contributed by atoms with Gasteiger partial charge in [-0.1, -0.05) is 12.2 Å². The van der Waals surface area contributed by atoms with Gasteiger partial charge in [-0.25, -0.2) is 0 Å². The van der Waals surface area contributed by atoms with Crippen molar-refractivity contribution in [2.45, 2.75) is 39.0 Å². The van der Waals surface area contributed by atoms with Gasteiger partial charge in [0, 0.05) is 0 Å². The maximum Gasteiger partial charge on any atom is 0.310 e. The Kier molecular flexibility index (Phi) is 2.76. The number of carboxylic acid groups (broad SMARTS) is 1. The number of hydrogen-bond donors (Lipinski definition) is 1. The van der Waals surface area contributed by atoms with Gasteiger partial charge in [0.05, 0.1) is 5.92 Å². The lowest BCUT2D eigenvalue weighted by Gasteiger charge is -2.53. The Labute approximate surface area is 103 Å². The fourth-order valence-corrected chi connectivity index (χ4v) is 4.66. The number of carboxylic acids is 1. The fourth-order valence-electron chi connectivity index (χ4n) is 4.66. The van der Waals surface area contributed by atoms with Gasteiger partial charge in [-0.2, -0.15) is 0 Å². The van der Waals surface area contributed by atoms with Crippen LogP contribution in [0.2, 0.25) is 0 Å². The summed E-state index contributed by atoms with van der Waals surface area (Å²) in [6, 6.07) is 0. The van der Waals surface area contributed by atoms with E-state index in [0.29, 0.717) is 5.92 Å². The largest absolute Gasteiger partial charge is 0.481 e. The summed E-state index contributed by atoms with van der Waals surface area (Å²) in [5.74, 6) is 3.38. The molecular formula is C15H22O2. The fraction of sp³-hybridized carbons (Fsp3) is 0.800. The summed E-state index contributed by atoms with van der Waals surface area (Å²) in [6.45, 7) is 1.77. The van der Waals surface area contributed by atoms with Gasteiger partial charge in [0.25, 0.3) is 0 Å². The highest BCUT2D eigenvalue weighted by Crippen LogP contribution is 2.56. The van der Waals surface area contributed by atoms with Gasteiger partial charge in [0.15, 0.2) is 0 Å². The molecule has 17 heavy (non-hydrogen) atoms. The Morgan fingerprint density at radius 3 is 2.12 bits per heavy atom. The molecule has 0 radical (unpaired) electrons. The zero-order chi connectivity index (χ0) is 12.0. The SMILES string of the molecule is CC(/C=C/C1C2CC3CC(C2)CC1C3)C(=O)O. The molecule has 2 nitrogen and oxygen atoms in total. The van der Waals surface area contributed by atoms with E-state index in [9.17, 15) is 4.79 Å². The molecule has 1 N–H and O–H groups in total. The van der Waals surface area contributed by atoms with Crippen molar-refractivity contribution in [3.05, 3.63) is 12.2 Å². The molecule has 4 saturated carbocycles. The summed E-state index contributed by atoms with van der Waals surface area (Å²) < 4.78 is 0. The van der Waals surface area contributed by atoms with Crippen LogP contribution in [0.4, 0.5) is 0 Å². The van der Waals surface area contributed by atoms with Gasteiger partial charge < -0.3 is 5.11 Å². The van der Waals surface area contributed by atoms with Crippen LogP contribution in [0, 0.1) is 35.5 Å². The van der Waals surface area contributed by atoms with E-state index in [2.05, 4.69) is 6.08 Å². The van der Waals surface area contributed by atoms with E-state index in [1.165, 1.54) is 32.1 Å². The first-order valence-corrected chi connectivity index (χ1v) is 7.04. The molecule has 4 aliphatic carbocycles. The van der Waals surface area contributed by atoms with Gasteiger partial charge in [-0.3, -0.25) is 4.79 Å². The molecule has 0 saturated heterocycles. The molecule has 0 aliphatic heterocycles. The first kappa shape index (κ1) is 11.3. The van der Waals surface area contributed by atoms with Crippen LogP contribution in [0.3, 0.4) is 0 Å². The molecule has 0 spiro atoms. The van der Waals surface area contributed by atoms with E-state index < -0.39 is 5.97 Å². The molecule has 0 heterocycles. The maximum atomic E-state index is 10.8. The van der Waals surface area contributed by atoms with E-state index in [0.717, 1.165) is 23.7 Å². The minimum absolute atomic E-state index is 0.327. The van der Waals surface area contributed by atoms with Crippen molar-refractivity contribution in [1.82, 2.24) is 0 Å². The first-order valence-electron chi connectivity index (χ1n) is 7.04. The number of hydrogen-bond acceptors (Lipinski definition) is 1. The molecule has 1 atom stereocenters. The van der Waals surface area contributed by atoms with Crippen molar-refractivity contribution in [3.8, 4) is 0 Å². The minimum atomic E-state index is -0.704. The average molecular weight is 234 g/mol. The third-order valence-corrected chi connectivity index (χ3v) is 5.31. The van der Waals surface area contributed by atoms with Gasteiger partial charge in [0.2, 0.25) is 0 Å². The molecule has 4 rings (SSSR count). The number of rotatable bonds is 3. The van der Waals surface area contributed by atoms with Crippen LogP contribution in [0.25, 0.3) is 0 Å². The predicted molar refractivity (Wildman–Crippen MR) is 66.5 cm³/mol. The predicted octanol–water partition coefficient (Wildman–Crippen LogP) is 3.34. The monoisotopic (exact) mass is 234 g/mol. The average Bonchev–Trinajstić information content (AvgIpc) is 2.26. The molecule has 4 fully saturated rings. The molecule has 2 heteroatoms. The zero-order valence-electron chi connectivity index (χ0n) is 10.5. The highest BCUT2D eigenvalue weighted by atomic mass is 16.4. The Hall–Kier alpha value is -0.790. The molecule has 0 aromatic rings. The standard InChI is InChI=1S/C15H22O2/c1-9(15(16)17)2-3-14-12-5-10-4-11(7-12)8-13(14)6-10/h2-3,9-14H,4-8H2,1H3,(H,16,17)/b3-2+. The molecule has 1 unspecified atom stereocenters. The van der Waals surface area contributed by atoms with Crippen LogP contribution in [-0.2, 0) is 4.79 Å². The van der Waals surface area contributed by atoms with E-state index in [1.54, 1.807) is 6.92 Å². The summed E-state index contributed by atoms with van der Waals surface area (Å²) in [7, 11) is 0. The van der Waals surface area contributed by atoms with Gasteiger partial charge in [-0.15, -0.1) is 0 Å². The second-order valence-electron chi connectivity index (χ2n) is 6.52. The summed E-state index contributed by atoms with van der Waals surface area (Å²) >= 11 is 0. The summed E-state index contributed by atoms with van der Waals surface area (Å²) in [5.41, 5.74) is 0. The Balaban J connectivity index is 1.70. The number of aliphatic carboxylic acids is 1. The van der Waals surface area contributed by atoms with E-state index >= 15 is 0 Å². The third-order valence-electron chi connectivity index (χ3n) is 5.31. The van der Waals surface area contributed by atoms with Gasteiger partial charge in [-0.05, 0) is 68.6 Å². The highest BCUT2D eigenvalue weighted by Gasteiger charge is 2.47. The molecule has 0 amide bonds. The number of carbonyl (C=O) groups is 1. The lowest BCUT2D eigenvalue weighted by molar-refractivity contribution is -0.139. The second kappa shape index (κ2) is 4.15. The Bertz CT molecular complexity index is 317. The van der Waals surface area contributed by atoms with E-state index in [-0.39, 0.29) is 5.92 Å². The minimum Gasteiger partial charge on any atom is -0.481 e. The van der Waals surface area contributed by atoms with Crippen LogP contribution in [0.15, 0.2) is 12.2 Å². The highest BCUT2D eigenvalue weighted by molar-refractivity contribution is 5.71. The topological polar surface area (TPSA) is 37.3 Å². The molecular weight excluding hydrogens is 212 g/mol. The smallest absolute Gasteiger partial charge is 0.310 e. The van der Waals surface area contributed by atoms with Crippen molar-refractivity contribution in [3.63, 3.8) is 0 Å². The van der Waals surface area contributed by atoms with Gasteiger partial charge in [0.1, 0.15) is 0 Å². The Morgan fingerprint density at radius 1 is 1.12 bits per heavy atom. The first-order chi connectivity index (χ1) is 8.13. The lowest BCUT2D eigenvalue weighted by Crippen LogP contribution is -2.44. The number of allylic oxidation sites excluding steroid dienone is 1. The normalized spacial score (nSPS) is 45.4. The van der Waals surface area contributed by atoms with E-state index in [1.807, 2.05) is 6.08 Å². The van der Waals surface area contributed by atoms with Crippen molar-refractivity contribution in [1.29, 1.82) is 0 Å². The van der Waals surface area contributed by atoms with Crippen molar-refractivity contribution < 1.29 is 9.90 Å². The summed E-state index contributed by atoms with van der Waals surface area (Å²) in [5, 5.41) is 8.91. The van der Waals surface area contributed by atoms with Crippen LogP contribution in [-0.4, -0.2) is 11.1 Å². The molecule has 94 valence electrons. The molecule has 4 aliphatic rings. The van der Waals surface area contributed by atoms with Crippen LogP contribution >= 0.6 is 0 Å². The second-order valence-corrected chi connectivity index (χ2v) is 6.52. The van der Waals surface area contributed by atoms with Crippen LogP contribution < -0.4 is 0 Å². The summed E-state index contributed by atoms with van der Waals surface area (Å²) in [4.78, 5) is 10.8. The van der Waals surface area contributed by atoms with E-state index in [4.69, 9.17) is 5.11 Å².